The van der Waals surface area contributed by atoms with Crippen molar-refractivity contribution >= 4 is 34.3 Å². The number of carbonyl (C=O) groups is 1. The van der Waals surface area contributed by atoms with Gasteiger partial charge < -0.3 is 10.6 Å². The monoisotopic (exact) mass is 461 g/mol. The normalized spacial score (nSPS) is 15.1. The number of rotatable bonds is 6. The maximum atomic E-state index is 13.2. The third-order valence-corrected chi connectivity index (χ3v) is 6.15. The topological polar surface area (TPSA) is 89.1 Å². The van der Waals surface area contributed by atoms with Crippen LogP contribution in [0.1, 0.15) is 22.5 Å². The van der Waals surface area contributed by atoms with Crippen LogP contribution in [0, 0.1) is 5.92 Å². The zero-order valence-corrected chi connectivity index (χ0v) is 17.6. The lowest BCUT2D eigenvalue weighted by atomic mass is 10.1. The van der Waals surface area contributed by atoms with Crippen molar-refractivity contribution in [2.75, 3.05) is 5.32 Å². The first kappa shape index (κ1) is 20.5. The number of halogens is 3. The molecular weight excluding hydrogens is 443 g/mol. The molecule has 0 spiro atoms. The summed E-state index contributed by atoms with van der Waals surface area (Å²) in [5.41, 5.74) is 3.44. The number of nitrogens with zero attached hydrogens (tertiary/aromatic N) is 5. The molecule has 5 rings (SSSR count). The minimum absolute atomic E-state index is 0.212. The van der Waals surface area contributed by atoms with Crippen molar-refractivity contribution in [2.45, 2.75) is 25.1 Å². The van der Waals surface area contributed by atoms with Gasteiger partial charge in [0.25, 0.3) is 5.91 Å². The molecule has 0 radical (unpaired) electrons. The summed E-state index contributed by atoms with van der Waals surface area (Å²) in [6, 6.07) is -0.231. The first-order valence-electron chi connectivity index (χ1n) is 9.83. The largest absolute Gasteiger partial charge is 0.408 e. The molecule has 4 aromatic heterocycles. The minimum atomic E-state index is -4.45. The number of anilines is 2. The maximum Gasteiger partial charge on any atom is 0.408 e. The van der Waals surface area contributed by atoms with E-state index in [1.54, 1.807) is 45.4 Å². The van der Waals surface area contributed by atoms with Crippen molar-refractivity contribution in [2.24, 2.45) is 13.0 Å². The number of hydrogen-bond donors (Lipinski definition) is 2. The quantitative estimate of drug-likeness (QED) is 0.453. The van der Waals surface area contributed by atoms with Crippen LogP contribution in [0.25, 0.3) is 16.8 Å². The highest BCUT2D eigenvalue weighted by Gasteiger charge is 2.49. The van der Waals surface area contributed by atoms with Crippen LogP contribution in [0.15, 0.2) is 42.4 Å². The zero-order chi connectivity index (χ0) is 22.5. The summed E-state index contributed by atoms with van der Waals surface area (Å²) in [6.07, 6.45) is 5.04. The molecule has 1 amide bonds. The number of fused-ring (bicyclic) bond motifs is 1. The van der Waals surface area contributed by atoms with E-state index in [2.05, 4.69) is 25.8 Å². The van der Waals surface area contributed by atoms with Crippen LogP contribution >= 0.6 is 11.3 Å². The van der Waals surface area contributed by atoms with Gasteiger partial charge in [-0.25, -0.2) is 9.50 Å². The van der Waals surface area contributed by atoms with E-state index >= 15 is 0 Å². The van der Waals surface area contributed by atoms with Gasteiger partial charge in [0.15, 0.2) is 5.65 Å². The van der Waals surface area contributed by atoms with Gasteiger partial charge in [-0.2, -0.15) is 23.4 Å². The summed E-state index contributed by atoms with van der Waals surface area (Å²) >= 11 is 1.09. The second-order valence-corrected chi connectivity index (χ2v) is 8.64. The Hall–Kier alpha value is -3.41. The number of amides is 1. The zero-order valence-electron chi connectivity index (χ0n) is 16.8. The fraction of sp³-hybridized carbons (Fsp3) is 0.300. The number of thiophene rings is 1. The molecule has 2 N–H and O–H groups in total. The van der Waals surface area contributed by atoms with Gasteiger partial charge in [0.2, 0.25) is 0 Å². The summed E-state index contributed by atoms with van der Waals surface area (Å²) < 4.78 is 42.9. The fourth-order valence-corrected chi connectivity index (χ4v) is 4.31. The van der Waals surface area contributed by atoms with E-state index in [0.29, 0.717) is 35.3 Å². The number of aromatic nitrogens is 5. The summed E-state index contributed by atoms with van der Waals surface area (Å²) in [6.45, 7) is 0. The molecule has 0 bridgehead atoms. The third-order valence-electron chi connectivity index (χ3n) is 5.22. The average molecular weight is 461 g/mol. The van der Waals surface area contributed by atoms with Gasteiger partial charge in [-0.1, -0.05) is 0 Å². The van der Waals surface area contributed by atoms with Crippen LogP contribution in [-0.4, -0.2) is 42.5 Å². The van der Waals surface area contributed by atoms with E-state index in [4.69, 9.17) is 0 Å². The lowest BCUT2D eigenvalue weighted by Crippen LogP contribution is -2.46. The molecule has 4 heterocycles. The van der Waals surface area contributed by atoms with E-state index in [1.165, 1.54) is 0 Å². The Labute approximate surface area is 184 Å². The van der Waals surface area contributed by atoms with Gasteiger partial charge in [-0.05, 0) is 35.8 Å². The Kier molecular flexibility index (Phi) is 4.88. The molecule has 1 aliphatic rings. The average Bonchev–Trinajstić information content (AvgIpc) is 3.11. The Morgan fingerprint density at radius 2 is 1.97 bits per heavy atom. The SMILES string of the molecule is Cn1cc(Nc2cnc3c(-c4csc(C(=O)N[C@@H](C5CC5)C(F)(F)F)c4)cnn3c2)cn1. The number of nitrogens with one attached hydrogen (secondary N) is 2. The molecule has 0 unspecified atom stereocenters. The molecule has 0 aliphatic heterocycles. The van der Waals surface area contributed by atoms with Gasteiger partial charge in [-0.15, -0.1) is 11.3 Å². The first-order valence-corrected chi connectivity index (χ1v) is 10.7. The number of hydrogen-bond acceptors (Lipinski definition) is 6. The predicted octanol–water partition coefficient (Wildman–Crippen LogP) is 4.01. The van der Waals surface area contributed by atoms with Gasteiger partial charge >= 0.3 is 6.18 Å². The van der Waals surface area contributed by atoms with Crippen LogP contribution in [0.2, 0.25) is 0 Å². The summed E-state index contributed by atoms with van der Waals surface area (Å²) in [5, 5.41) is 15.5. The van der Waals surface area contributed by atoms with Crippen molar-refractivity contribution in [3.63, 3.8) is 0 Å². The molecule has 8 nitrogen and oxygen atoms in total. The van der Waals surface area contributed by atoms with E-state index in [-0.39, 0.29) is 4.88 Å². The van der Waals surface area contributed by atoms with Crippen LogP contribution in [0.4, 0.5) is 24.5 Å². The van der Waals surface area contributed by atoms with Gasteiger partial charge in [-0.3, -0.25) is 9.48 Å². The third kappa shape index (κ3) is 4.05. The van der Waals surface area contributed by atoms with Crippen LogP contribution in [-0.2, 0) is 7.05 Å². The number of alkyl halides is 3. The van der Waals surface area contributed by atoms with Crippen molar-refractivity contribution in [3.05, 3.63) is 47.3 Å². The van der Waals surface area contributed by atoms with E-state index in [9.17, 15) is 18.0 Å². The van der Waals surface area contributed by atoms with Crippen LogP contribution < -0.4 is 10.6 Å². The number of aryl methyl sites for hydroxylation is 1. The highest BCUT2D eigenvalue weighted by Crippen LogP contribution is 2.40. The van der Waals surface area contributed by atoms with Gasteiger partial charge in [0.1, 0.15) is 6.04 Å². The maximum absolute atomic E-state index is 13.2. The highest BCUT2D eigenvalue weighted by molar-refractivity contribution is 7.12. The molecule has 166 valence electrons. The van der Waals surface area contributed by atoms with Crippen molar-refractivity contribution in [3.8, 4) is 11.1 Å². The lowest BCUT2D eigenvalue weighted by Gasteiger charge is -2.20. The van der Waals surface area contributed by atoms with Crippen molar-refractivity contribution < 1.29 is 18.0 Å². The lowest BCUT2D eigenvalue weighted by molar-refractivity contribution is -0.158. The second kappa shape index (κ2) is 7.62. The van der Waals surface area contributed by atoms with Crippen LogP contribution in [0.5, 0.6) is 0 Å². The smallest absolute Gasteiger partial charge is 0.350 e. The minimum Gasteiger partial charge on any atom is -0.350 e. The Morgan fingerprint density at radius 1 is 1.19 bits per heavy atom. The van der Waals surface area contributed by atoms with Crippen molar-refractivity contribution in [1.82, 2.24) is 29.7 Å². The molecule has 12 heteroatoms. The molecule has 0 saturated heterocycles. The molecule has 0 aromatic carbocycles. The van der Waals surface area contributed by atoms with E-state index in [0.717, 1.165) is 17.0 Å². The Morgan fingerprint density at radius 3 is 2.66 bits per heavy atom. The molecule has 1 saturated carbocycles. The van der Waals surface area contributed by atoms with Gasteiger partial charge in [0, 0.05) is 18.8 Å². The Bertz CT molecular complexity index is 1290. The molecule has 1 fully saturated rings. The molecule has 4 aromatic rings. The number of carbonyl (C=O) groups excluding carboxylic acids is 1. The molecule has 32 heavy (non-hydrogen) atoms. The van der Waals surface area contributed by atoms with Crippen molar-refractivity contribution in [1.29, 1.82) is 0 Å². The van der Waals surface area contributed by atoms with E-state index in [1.807, 2.05) is 13.2 Å². The molecule has 1 aliphatic carbocycles. The first-order chi connectivity index (χ1) is 15.3. The molecular formula is C20H18F3N7OS. The van der Waals surface area contributed by atoms with Crippen LogP contribution in [0.3, 0.4) is 0 Å². The molecule has 1 atom stereocenters. The fourth-order valence-electron chi connectivity index (χ4n) is 3.50. The highest BCUT2D eigenvalue weighted by atomic mass is 32.1. The standard InChI is InChI=1S/C20H18F3N7OS/c1-29-8-14(6-25-29)27-13-5-24-18-15(7-26-30(18)9-13)12-4-16(32-10-12)19(31)28-17(11-2-3-11)20(21,22)23/h4-11,17,27H,2-3H2,1H3,(H,28,31)/t17-/m0/s1. The van der Waals surface area contributed by atoms with E-state index < -0.39 is 24.0 Å². The Balaban J connectivity index is 1.35. The second-order valence-electron chi connectivity index (χ2n) is 7.73. The summed E-state index contributed by atoms with van der Waals surface area (Å²) in [7, 11) is 1.82. The summed E-state index contributed by atoms with van der Waals surface area (Å²) in [5.74, 6) is -1.25. The summed E-state index contributed by atoms with van der Waals surface area (Å²) in [4.78, 5) is 17.1. The van der Waals surface area contributed by atoms with Gasteiger partial charge in [0.05, 0.1) is 41.0 Å². The predicted molar refractivity (Wildman–Crippen MR) is 113 cm³/mol.